The van der Waals surface area contributed by atoms with Crippen molar-refractivity contribution in [2.24, 2.45) is 0 Å². The average molecular weight is 294 g/mol. The third-order valence-corrected chi connectivity index (χ3v) is 3.04. The number of hydrogen-bond donors (Lipinski definition) is 0. The molecule has 0 amide bonds. The molecule has 0 bridgehead atoms. The Morgan fingerprint density at radius 2 is 1.81 bits per heavy atom. The van der Waals surface area contributed by atoms with E-state index in [2.05, 4.69) is 12.0 Å². The van der Waals surface area contributed by atoms with Crippen LogP contribution in [0, 0.1) is 23.7 Å². The van der Waals surface area contributed by atoms with E-state index in [-0.39, 0.29) is 6.61 Å². The van der Waals surface area contributed by atoms with Gasteiger partial charge in [0, 0.05) is 5.02 Å². The van der Waals surface area contributed by atoms with Crippen LogP contribution in [-0.2, 0) is 0 Å². The lowest BCUT2D eigenvalue weighted by molar-refractivity contribution is 0.370. The normalized spacial score (nSPS) is 10.5. The van der Waals surface area contributed by atoms with Crippen molar-refractivity contribution in [3.8, 4) is 24.2 Å². The van der Waals surface area contributed by atoms with Gasteiger partial charge in [0.05, 0.1) is 11.6 Å². The van der Waals surface area contributed by atoms with Crippen LogP contribution in [0.5, 0.6) is 5.75 Å². The van der Waals surface area contributed by atoms with E-state index in [1.165, 1.54) is 0 Å². The van der Waals surface area contributed by atoms with Crippen LogP contribution in [0.25, 0.3) is 11.6 Å². The molecule has 2 rings (SSSR count). The zero-order valence-electron chi connectivity index (χ0n) is 11.2. The first-order valence-electron chi connectivity index (χ1n) is 6.27. The number of benzene rings is 2. The molecule has 0 heterocycles. The second-order valence-corrected chi connectivity index (χ2v) is 4.67. The Labute approximate surface area is 129 Å². The monoisotopic (exact) mass is 293 g/mol. The summed E-state index contributed by atoms with van der Waals surface area (Å²) in [6, 6.07) is 16.8. The van der Waals surface area contributed by atoms with E-state index in [0.717, 1.165) is 11.1 Å². The predicted molar refractivity (Wildman–Crippen MR) is 85.7 cm³/mol. The predicted octanol–water partition coefficient (Wildman–Crippen LogP) is 4.42. The van der Waals surface area contributed by atoms with Gasteiger partial charge in [-0.05, 0) is 41.5 Å². The van der Waals surface area contributed by atoms with E-state index in [4.69, 9.17) is 22.8 Å². The van der Waals surface area contributed by atoms with Gasteiger partial charge in [-0.25, -0.2) is 0 Å². The number of hydrogen-bond acceptors (Lipinski definition) is 2. The lowest BCUT2D eigenvalue weighted by Crippen LogP contribution is -1.92. The van der Waals surface area contributed by atoms with Gasteiger partial charge in [0.15, 0.2) is 0 Å². The SMILES string of the molecule is C#CCOc1ccc(C=C(C#N)c2ccc(Cl)cc2)cc1. The standard InChI is InChI=1S/C18H12ClNO/c1-2-11-21-18-9-3-14(4-10-18)12-16(13-20)15-5-7-17(19)8-6-15/h1,3-10,12H,11H2. The maximum absolute atomic E-state index is 9.28. The minimum atomic E-state index is 0.239. The van der Waals surface area contributed by atoms with Gasteiger partial charge in [0.2, 0.25) is 0 Å². The van der Waals surface area contributed by atoms with E-state index in [1.54, 1.807) is 12.1 Å². The number of ether oxygens (including phenoxy) is 1. The molecule has 0 aromatic heterocycles. The molecule has 0 atom stereocenters. The molecule has 102 valence electrons. The van der Waals surface area contributed by atoms with Crippen molar-refractivity contribution in [1.82, 2.24) is 0 Å². The first-order valence-corrected chi connectivity index (χ1v) is 6.65. The van der Waals surface area contributed by atoms with Gasteiger partial charge in [-0.2, -0.15) is 5.26 Å². The highest BCUT2D eigenvalue weighted by atomic mass is 35.5. The highest BCUT2D eigenvalue weighted by Crippen LogP contribution is 2.21. The van der Waals surface area contributed by atoms with Crippen LogP contribution in [-0.4, -0.2) is 6.61 Å². The smallest absolute Gasteiger partial charge is 0.148 e. The highest BCUT2D eigenvalue weighted by molar-refractivity contribution is 6.30. The lowest BCUT2D eigenvalue weighted by Gasteiger charge is -2.03. The number of terminal acetylenes is 1. The Balaban J connectivity index is 2.22. The van der Waals surface area contributed by atoms with Crippen molar-refractivity contribution in [3.05, 3.63) is 64.7 Å². The molecule has 2 aromatic carbocycles. The molecule has 0 spiro atoms. The minimum Gasteiger partial charge on any atom is -0.481 e. The Morgan fingerprint density at radius 3 is 2.38 bits per heavy atom. The summed E-state index contributed by atoms with van der Waals surface area (Å²) in [7, 11) is 0. The number of allylic oxidation sites excluding steroid dienone is 1. The van der Waals surface area contributed by atoms with Crippen molar-refractivity contribution in [2.75, 3.05) is 6.61 Å². The molecule has 0 radical (unpaired) electrons. The first kappa shape index (κ1) is 14.7. The van der Waals surface area contributed by atoms with E-state index in [9.17, 15) is 5.26 Å². The zero-order chi connectivity index (χ0) is 15.1. The number of nitriles is 1. The Hall–Kier alpha value is -2.68. The van der Waals surface area contributed by atoms with Crippen LogP contribution < -0.4 is 4.74 Å². The summed E-state index contributed by atoms with van der Waals surface area (Å²) in [5.41, 5.74) is 2.31. The molecular formula is C18H12ClNO. The summed E-state index contributed by atoms with van der Waals surface area (Å²) in [6.45, 7) is 0.239. The molecule has 0 aliphatic heterocycles. The fraction of sp³-hybridized carbons (Fsp3) is 0.0556. The molecule has 2 aromatic rings. The van der Waals surface area contributed by atoms with Crippen LogP contribution >= 0.6 is 11.6 Å². The second kappa shape index (κ2) is 7.20. The summed E-state index contributed by atoms with van der Waals surface area (Å²) in [5.74, 6) is 3.11. The molecule has 0 fully saturated rings. The third-order valence-electron chi connectivity index (χ3n) is 2.79. The van der Waals surface area contributed by atoms with Gasteiger partial charge in [0.25, 0.3) is 0 Å². The van der Waals surface area contributed by atoms with Crippen LogP contribution in [0.3, 0.4) is 0 Å². The molecule has 0 saturated carbocycles. The van der Waals surface area contributed by atoms with Gasteiger partial charge < -0.3 is 4.74 Å². The number of rotatable bonds is 4. The van der Waals surface area contributed by atoms with Crippen LogP contribution in [0.2, 0.25) is 5.02 Å². The summed E-state index contributed by atoms with van der Waals surface area (Å²) in [5, 5.41) is 9.93. The first-order chi connectivity index (χ1) is 10.2. The molecule has 0 unspecified atom stereocenters. The maximum Gasteiger partial charge on any atom is 0.148 e. The van der Waals surface area contributed by atoms with E-state index in [1.807, 2.05) is 42.5 Å². The number of nitrogens with zero attached hydrogens (tertiary/aromatic N) is 1. The van der Waals surface area contributed by atoms with Crippen molar-refractivity contribution < 1.29 is 4.74 Å². The van der Waals surface area contributed by atoms with E-state index < -0.39 is 0 Å². The van der Waals surface area contributed by atoms with Crippen LogP contribution in [0.4, 0.5) is 0 Å². The fourth-order valence-electron chi connectivity index (χ4n) is 1.76. The molecule has 21 heavy (non-hydrogen) atoms. The van der Waals surface area contributed by atoms with Crippen molar-refractivity contribution in [3.63, 3.8) is 0 Å². The zero-order valence-corrected chi connectivity index (χ0v) is 12.0. The van der Waals surface area contributed by atoms with Gasteiger partial charge >= 0.3 is 0 Å². The summed E-state index contributed by atoms with van der Waals surface area (Å²) in [6.07, 6.45) is 6.95. The van der Waals surface area contributed by atoms with E-state index >= 15 is 0 Å². The summed E-state index contributed by atoms with van der Waals surface area (Å²) < 4.78 is 5.30. The van der Waals surface area contributed by atoms with Crippen LogP contribution in [0.15, 0.2) is 48.5 Å². The maximum atomic E-state index is 9.28. The second-order valence-electron chi connectivity index (χ2n) is 4.24. The van der Waals surface area contributed by atoms with Gasteiger partial charge in [0.1, 0.15) is 12.4 Å². The topological polar surface area (TPSA) is 33.0 Å². The van der Waals surface area contributed by atoms with Gasteiger partial charge in [-0.15, -0.1) is 6.42 Å². The van der Waals surface area contributed by atoms with Crippen LogP contribution in [0.1, 0.15) is 11.1 Å². The number of halogens is 1. The molecule has 0 saturated heterocycles. The Morgan fingerprint density at radius 1 is 1.14 bits per heavy atom. The van der Waals surface area contributed by atoms with Crippen molar-refractivity contribution in [2.45, 2.75) is 0 Å². The Bertz CT molecular complexity index is 716. The molecule has 0 N–H and O–H groups in total. The summed E-state index contributed by atoms with van der Waals surface area (Å²) >= 11 is 5.85. The van der Waals surface area contributed by atoms with Crippen molar-refractivity contribution >= 4 is 23.3 Å². The third kappa shape index (κ3) is 4.14. The van der Waals surface area contributed by atoms with Gasteiger partial charge in [-0.1, -0.05) is 41.8 Å². The summed E-state index contributed by atoms with van der Waals surface area (Å²) in [4.78, 5) is 0. The van der Waals surface area contributed by atoms with E-state index in [0.29, 0.717) is 16.3 Å². The quantitative estimate of drug-likeness (QED) is 0.475. The minimum absolute atomic E-state index is 0.239. The molecule has 0 aliphatic carbocycles. The largest absolute Gasteiger partial charge is 0.481 e. The molecule has 3 heteroatoms. The van der Waals surface area contributed by atoms with Gasteiger partial charge in [-0.3, -0.25) is 0 Å². The molecule has 2 nitrogen and oxygen atoms in total. The average Bonchev–Trinajstić information content (AvgIpc) is 2.53. The molecular weight excluding hydrogens is 282 g/mol. The lowest BCUT2D eigenvalue weighted by atomic mass is 10.0. The van der Waals surface area contributed by atoms with Crippen molar-refractivity contribution in [1.29, 1.82) is 5.26 Å². The Kier molecular flexibility index (Phi) is 5.04. The fourth-order valence-corrected chi connectivity index (χ4v) is 1.89. The molecule has 0 aliphatic rings. The highest BCUT2D eigenvalue weighted by Gasteiger charge is 2.01.